The molecule has 1 amide bonds. The minimum Gasteiger partial charge on any atom is -0.392 e. The van der Waals surface area contributed by atoms with Crippen molar-refractivity contribution in [2.45, 2.75) is 17.9 Å². The highest BCUT2D eigenvalue weighted by atomic mass is 35.5. The molecule has 0 aliphatic heterocycles. The molecule has 0 bridgehead atoms. The smallest absolute Gasteiger partial charge is 0.280 e. The topological polar surface area (TPSA) is 148 Å². The Morgan fingerprint density at radius 2 is 2.00 bits per heavy atom. The largest absolute Gasteiger partial charge is 0.392 e. The second-order valence-electron chi connectivity index (χ2n) is 4.55. The third-order valence-electron chi connectivity index (χ3n) is 2.45. The Morgan fingerprint density at radius 1 is 1.41 bits per heavy atom. The number of benzene rings is 1. The molecule has 1 aromatic carbocycles. The van der Waals surface area contributed by atoms with Crippen LogP contribution in [-0.2, 0) is 9.84 Å². The average Bonchev–Trinajstić information content (AvgIpc) is 2.34. The van der Waals surface area contributed by atoms with Gasteiger partial charge < -0.3 is 21.9 Å². The molecule has 6 N–H and O–H groups in total. The van der Waals surface area contributed by atoms with Crippen molar-refractivity contribution < 1.29 is 18.3 Å². The summed E-state index contributed by atoms with van der Waals surface area (Å²) in [6, 6.07) is 4.01. The number of aliphatic imine (C=N–C) groups is 1. The third-order valence-corrected chi connectivity index (χ3v) is 3.58. The first kappa shape index (κ1) is 20.2. The van der Waals surface area contributed by atoms with Gasteiger partial charge in [0.1, 0.15) is 0 Å². The van der Waals surface area contributed by atoms with Crippen molar-refractivity contribution in [3.63, 3.8) is 0 Å². The zero-order valence-electron chi connectivity index (χ0n) is 12.1. The van der Waals surface area contributed by atoms with E-state index in [2.05, 4.69) is 10.3 Å². The van der Waals surface area contributed by atoms with E-state index in [9.17, 15) is 18.3 Å². The van der Waals surface area contributed by atoms with Crippen LogP contribution in [0, 0.1) is 0 Å². The predicted octanol–water partition coefficient (Wildman–Crippen LogP) is -0.282. The van der Waals surface area contributed by atoms with Gasteiger partial charge >= 0.3 is 0 Å². The SMILES string of the molecule is C[C@@H](O)CNc1ccc(C(=O)N=C(N)N)cc1S(C)(=O)=O.Cl. The molecule has 1 aromatic rings. The maximum absolute atomic E-state index is 11.8. The molecule has 0 saturated carbocycles. The van der Waals surface area contributed by atoms with Crippen molar-refractivity contribution in [3.8, 4) is 0 Å². The second kappa shape index (κ2) is 7.97. The molecule has 0 radical (unpaired) electrons. The summed E-state index contributed by atoms with van der Waals surface area (Å²) in [7, 11) is -3.57. The zero-order valence-corrected chi connectivity index (χ0v) is 13.7. The van der Waals surface area contributed by atoms with Crippen LogP contribution in [0.1, 0.15) is 17.3 Å². The van der Waals surface area contributed by atoms with Gasteiger partial charge in [-0.25, -0.2) is 8.42 Å². The molecular formula is C12H19ClN4O4S. The molecule has 8 nitrogen and oxygen atoms in total. The van der Waals surface area contributed by atoms with Gasteiger partial charge in [0.25, 0.3) is 5.91 Å². The molecule has 22 heavy (non-hydrogen) atoms. The van der Waals surface area contributed by atoms with Crippen molar-refractivity contribution in [2.75, 3.05) is 18.1 Å². The van der Waals surface area contributed by atoms with Gasteiger partial charge in [-0.1, -0.05) is 0 Å². The fourth-order valence-corrected chi connectivity index (χ4v) is 2.43. The number of nitrogens with two attached hydrogens (primary N) is 2. The number of hydrogen-bond acceptors (Lipinski definition) is 5. The molecule has 0 saturated heterocycles. The maximum atomic E-state index is 11.8. The van der Waals surface area contributed by atoms with Crippen LogP contribution in [-0.4, -0.2) is 44.3 Å². The van der Waals surface area contributed by atoms with Crippen molar-refractivity contribution in [1.29, 1.82) is 0 Å². The lowest BCUT2D eigenvalue weighted by Gasteiger charge is -2.13. The van der Waals surface area contributed by atoms with Gasteiger partial charge in [0.05, 0.1) is 16.7 Å². The first-order chi connectivity index (χ1) is 9.61. The van der Waals surface area contributed by atoms with E-state index in [0.717, 1.165) is 6.26 Å². The van der Waals surface area contributed by atoms with Gasteiger partial charge in [0.2, 0.25) is 0 Å². The number of carbonyl (C=O) groups is 1. The number of nitrogens with zero attached hydrogens (tertiary/aromatic N) is 1. The Balaban J connectivity index is 0.00000441. The highest BCUT2D eigenvalue weighted by Gasteiger charge is 2.17. The Kier molecular flexibility index (Phi) is 7.30. The highest BCUT2D eigenvalue weighted by molar-refractivity contribution is 7.90. The van der Waals surface area contributed by atoms with Gasteiger partial charge in [-0.2, -0.15) is 4.99 Å². The number of rotatable bonds is 5. The quantitative estimate of drug-likeness (QED) is 0.421. The van der Waals surface area contributed by atoms with Crippen LogP contribution in [0.3, 0.4) is 0 Å². The Labute approximate surface area is 134 Å². The number of guanidine groups is 1. The number of carbonyl (C=O) groups excluding carboxylic acids is 1. The van der Waals surface area contributed by atoms with Gasteiger partial charge in [0.15, 0.2) is 15.8 Å². The molecule has 124 valence electrons. The van der Waals surface area contributed by atoms with E-state index in [4.69, 9.17) is 11.5 Å². The minimum atomic E-state index is -3.57. The molecule has 0 fully saturated rings. The lowest BCUT2D eigenvalue weighted by atomic mass is 10.2. The normalized spacial score (nSPS) is 12.0. The number of aliphatic hydroxyl groups is 1. The maximum Gasteiger partial charge on any atom is 0.280 e. The summed E-state index contributed by atoms with van der Waals surface area (Å²) in [5.74, 6) is -1.14. The van der Waals surface area contributed by atoms with Crippen molar-refractivity contribution in [1.82, 2.24) is 0 Å². The van der Waals surface area contributed by atoms with E-state index < -0.39 is 27.8 Å². The Morgan fingerprint density at radius 3 is 2.45 bits per heavy atom. The van der Waals surface area contributed by atoms with Gasteiger partial charge in [0, 0.05) is 18.4 Å². The fraction of sp³-hybridized carbons (Fsp3) is 0.333. The van der Waals surface area contributed by atoms with Crippen LogP contribution < -0.4 is 16.8 Å². The van der Waals surface area contributed by atoms with Crippen LogP contribution in [0.2, 0.25) is 0 Å². The van der Waals surface area contributed by atoms with Gasteiger partial charge in [-0.05, 0) is 25.1 Å². The van der Waals surface area contributed by atoms with Crippen LogP contribution in [0.4, 0.5) is 5.69 Å². The van der Waals surface area contributed by atoms with Crippen LogP contribution >= 0.6 is 12.4 Å². The van der Waals surface area contributed by atoms with E-state index in [1.165, 1.54) is 18.2 Å². The average molecular weight is 351 g/mol. The van der Waals surface area contributed by atoms with Crippen molar-refractivity contribution >= 4 is 39.8 Å². The van der Waals surface area contributed by atoms with E-state index in [1.54, 1.807) is 6.92 Å². The van der Waals surface area contributed by atoms with Crippen LogP contribution in [0.25, 0.3) is 0 Å². The predicted molar refractivity (Wildman–Crippen MR) is 87.1 cm³/mol. The Hall–Kier alpha value is -1.84. The van der Waals surface area contributed by atoms with Crippen LogP contribution in [0.5, 0.6) is 0 Å². The molecule has 1 rings (SSSR count). The van der Waals surface area contributed by atoms with Gasteiger partial charge in [-0.15, -0.1) is 12.4 Å². The van der Waals surface area contributed by atoms with Crippen molar-refractivity contribution in [2.24, 2.45) is 16.5 Å². The zero-order chi connectivity index (χ0) is 16.2. The first-order valence-electron chi connectivity index (χ1n) is 6.01. The molecule has 0 aliphatic carbocycles. The van der Waals surface area contributed by atoms with E-state index >= 15 is 0 Å². The number of amides is 1. The summed E-state index contributed by atoms with van der Waals surface area (Å²) in [6.07, 6.45) is 0.366. The molecule has 1 atom stereocenters. The van der Waals surface area contributed by atoms with Crippen LogP contribution in [0.15, 0.2) is 28.1 Å². The number of halogens is 1. The monoisotopic (exact) mass is 350 g/mol. The summed E-state index contributed by atoms with van der Waals surface area (Å²) in [6.45, 7) is 1.73. The second-order valence-corrected chi connectivity index (χ2v) is 6.54. The van der Waals surface area contributed by atoms with E-state index in [-0.39, 0.29) is 29.4 Å². The summed E-state index contributed by atoms with van der Waals surface area (Å²) in [4.78, 5) is 15.0. The minimum absolute atomic E-state index is 0. The van der Waals surface area contributed by atoms with E-state index in [0.29, 0.717) is 5.69 Å². The summed E-state index contributed by atoms with van der Waals surface area (Å²) in [5.41, 5.74) is 10.6. The first-order valence-corrected chi connectivity index (χ1v) is 7.90. The lowest BCUT2D eigenvalue weighted by molar-refractivity contribution is 0.100. The molecule has 0 spiro atoms. The van der Waals surface area contributed by atoms with E-state index in [1.807, 2.05) is 0 Å². The molecule has 0 aliphatic rings. The number of hydrogen-bond donors (Lipinski definition) is 4. The molecular weight excluding hydrogens is 332 g/mol. The highest BCUT2D eigenvalue weighted by Crippen LogP contribution is 2.23. The lowest BCUT2D eigenvalue weighted by Crippen LogP contribution is -2.24. The van der Waals surface area contributed by atoms with Crippen molar-refractivity contribution in [3.05, 3.63) is 23.8 Å². The number of aliphatic hydroxyl groups excluding tert-OH is 1. The molecule has 0 heterocycles. The number of sulfone groups is 1. The van der Waals surface area contributed by atoms with Gasteiger partial charge in [-0.3, -0.25) is 4.79 Å². The standard InChI is InChI=1S/C12H18N4O4S.ClH/c1-7(17)6-15-9-4-3-8(11(18)16-12(13)14)5-10(9)21(2,19)20;/h3-5,7,15,17H,6H2,1-2H3,(H4,13,14,16,18);1H/t7-;/m1./s1. The molecule has 0 unspecified atom stereocenters. The summed E-state index contributed by atoms with van der Waals surface area (Å²) < 4.78 is 23.6. The fourth-order valence-electron chi connectivity index (χ4n) is 1.55. The summed E-state index contributed by atoms with van der Waals surface area (Å²) >= 11 is 0. The molecule has 10 heteroatoms. The number of nitrogens with one attached hydrogen (secondary N) is 1. The Bertz CT molecular complexity index is 670. The third kappa shape index (κ3) is 5.88. The summed E-state index contributed by atoms with van der Waals surface area (Å²) in [5, 5.41) is 12.0. The number of anilines is 1. The molecule has 0 aromatic heterocycles.